The van der Waals surface area contributed by atoms with Crippen molar-refractivity contribution in [3.8, 4) is 11.1 Å². The van der Waals surface area contributed by atoms with Gasteiger partial charge in [0.25, 0.3) is 0 Å². The fraction of sp³-hybridized carbons (Fsp3) is 0.600. The summed E-state index contributed by atoms with van der Waals surface area (Å²) in [6, 6.07) is 17.0. The van der Waals surface area contributed by atoms with E-state index in [0.29, 0.717) is 49.0 Å². The molecule has 8 nitrogen and oxygen atoms in total. The summed E-state index contributed by atoms with van der Waals surface area (Å²) in [5.74, 6) is 1.78. The molecule has 2 fully saturated rings. The van der Waals surface area contributed by atoms with Crippen LogP contribution in [0, 0.1) is 22.7 Å². The highest BCUT2D eigenvalue weighted by Gasteiger charge is 2.56. The molecule has 2 aromatic carbocycles. The maximum absolute atomic E-state index is 12.9. The van der Waals surface area contributed by atoms with Crippen molar-refractivity contribution in [3.05, 3.63) is 59.7 Å². The number of carbonyl (C=O) groups excluding carboxylic acids is 4. The Hall–Kier alpha value is -2.98. The van der Waals surface area contributed by atoms with E-state index < -0.39 is 34.7 Å². The van der Waals surface area contributed by atoms with Crippen LogP contribution in [-0.2, 0) is 49.6 Å². The van der Waals surface area contributed by atoms with Crippen LogP contribution in [0.1, 0.15) is 91.2 Å². The lowest BCUT2D eigenvalue weighted by Crippen LogP contribution is -2.38. The Bertz CT molecular complexity index is 1330. The van der Waals surface area contributed by atoms with Gasteiger partial charge in [-0.3, -0.25) is 19.2 Å². The number of esters is 4. The zero-order valence-corrected chi connectivity index (χ0v) is 32.1. The monoisotopic (exact) mass is 726 g/mol. The van der Waals surface area contributed by atoms with Gasteiger partial charge in [0.2, 0.25) is 0 Å². The fourth-order valence-corrected chi connectivity index (χ4v) is 8.49. The Kier molecular flexibility index (Phi) is 14.7. The molecule has 0 amide bonds. The number of ether oxygens (including phenoxy) is 4. The molecule has 2 saturated heterocycles. The van der Waals surface area contributed by atoms with Gasteiger partial charge < -0.3 is 18.9 Å². The van der Waals surface area contributed by atoms with Crippen molar-refractivity contribution in [1.82, 2.24) is 0 Å². The van der Waals surface area contributed by atoms with Gasteiger partial charge in [0.05, 0.1) is 13.2 Å². The first-order valence-electron chi connectivity index (χ1n) is 18.0. The zero-order valence-electron chi connectivity index (χ0n) is 30.5. The predicted octanol–water partition coefficient (Wildman–Crippen LogP) is 8.42. The molecule has 0 saturated carbocycles. The first kappa shape index (κ1) is 39.8. The van der Waals surface area contributed by atoms with Gasteiger partial charge in [-0.05, 0) is 73.6 Å². The van der Waals surface area contributed by atoms with Crippen LogP contribution >= 0.6 is 23.5 Å². The largest absolute Gasteiger partial charge is 0.465 e. The second-order valence-electron chi connectivity index (χ2n) is 14.4. The van der Waals surface area contributed by atoms with Crippen LogP contribution < -0.4 is 0 Å². The third-order valence-corrected chi connectivity index (χ3v) is 11.8. The molecular weight excluding hydrogens is 673 g/mol. The molecule has 4 atom stereocenters. The fourth-order valence-electron chi connectivity index (χ4n) is 6.50. The summed E-state index contributed by atoms with van der Waals surface area (Å²) in [5, 5.41) is 0. The molecule has 2 aliphatic rings. The van der Waals surface area contributed by atoms with Gasteiger partial charge in [0, 0.05) is 35.9 Å². The van der Waals surface area contributed by atoms with E-state index in [2.05, 4.69) is 76.2 Å². The molecule has 0 aromatic heterocycles. The molecule has 4 unspecified atom stereocenters. The number of carbonyl (C=O) groups is 4. The lowest BCUT2D eigenvalue weighted by Gasteiger charge is -2.23. The van der Waals surface area contributed by atoms with E-state index in [1.54, 1.807) is 37.4 Å². The average molecular weight is 727 g/mol. The van der Waals surface area contributed by atoms with Crippen molar-refractivity contribution >= 4 is 47.4 Å². The zero-order chi connectivity index (χ0) is 36.3. The number of benzene rings is 2. The smallest absolute Gasteiger partial charge is 0.323 e. The van der Waals surface area contributed by atoms with Crippen molar-refractivity contribution < 1.29 is 38.1 Å². The van der Waals surface area contributed by atoms with Gasteiger partial charge in [-0.2, -0.15) is 23.5 Å². The maximum atomic E-state index is 12.9. The highest BCUT2D eigenvalue weighted by Crippen LogP contribution is 2.43. The van der Waals surface area contributed by atoms with Crippen molar-refractivity contribution in [3.63, 3.8) is 0 Å². The second kappa shape index (κ2) is 18.5. The summed E-state index contributed by atoms with van der Waals surface area (Å²) in [6.45, 7) is 12.3. The van der Waals surface area contributed by atoms with E-state index >= 15 is 0 Å². The van der Waals surface area contributed by atoms with Gasteiger partial charge in [-0.15, -0.1) is 0 Å². The maximum Gasteiger partial charge on any atom is 0.323 e. The number of hydrogen-bond donors (Lipinski definition) is 0. The van der Waals surface area contributed by atoms with Crippen molar-refractivity contribution in [2.45, 2.75) is 104 Å². The Morgan fingerprint density at radius 2 is 1.04 bits per heavy atom. The molecule has 2 aliphatic heterocycles. The summed E-state index contributed by atoms with van der Waals surface area (Å²) in [5.41, 5.74) is 2.24. The molecule has 50 heavy (non-hydrogen) atoms. The third kappa shape index (κ3) is 10.1. The summed E-state index contributed by atoms with van der Waals surface area (Å²) in [7, 11) is 0. The van der Waals surface area contributed by atoms with Crippen molar-refractivity contribution in [1.29, 1.82) is 0 Å². The average Bonchev–Trinajstić information content (AvgIpc) is 3.59. The van der Waals surface area contributed by atoms with Gasteiger partial charge in [-0.25, -0.2) is 0 Å². The molecule has 2 heterocycles. The Morgan fingerprint density at radius 1 is 0.680 bits per heavy atom. The second-order valence-corrected chi connectivity index (χ2v) is 16.4. The predicted molar refractivity (Wildman–Crippen MR) is 199 cm³/mol. The van der Waals surface area contributed by atoms with Gasteiger partial charge in [0.15, 0.2) is 10.8 Å². The molecule has 0 radical (unpaired) electrons. The minimum atomic E-state index is -1.18. The van der Waals surface area contributed by atoms with E-state index in [1.165, 1.54) is 11.1 Å². The van der Waals surface area contributed by atoms with Crippen LogP contribution in [0.15, 0.2) is 48.5 Å². The van der Waals surface area contributed by atoms with Crippen LogP contribution in [0.2, 0.25) is 0 Å². The lowest BCUT2D eigenvalue weighted by molar-refractivity contribution is -0.167. The molecule has 4 rings (SSSR count). The molecule has 0 spiro atoms. The molecule has 2 aromatic rings. The summed E-state index contributed by atoms with van der Waals surface area (Å²) in [6.07, 6.45) is 2.59. The highest BCUT2D eigenvalue weighted by molar-refractivity contribution is 7.98. The standard InChI is InChI=1S/C40H54O8S2/c1-7-45-35(41)39(19-17-27(3)4)21-33(47-37(39)43)25-49-23-29-9-13-31(14-10-29)32-15-11-30(12-16-32)24-50-26-34-22-40(38(44)48-34,20-18-28(5)6)36(42)46-8-2/h9-16,27-28,33-34H,7-8,17-26H2,1-6H3. The van der Waals surface area contributed by atoms with Crippen molar-refractivity contribution in [2.24, 2.45) is 22.7 Å². The molecule has 0 bridgehead atoms. The molecule has 0 aliphatic carbocycles. The third-order valence-electron chi connectivity index (χ3n) is 9.50. The van der Waals surface area contributed by atoms with E-state index in [-0.39, 0.29) is 25.4 Å². The number of cyclic esters (lactones) is 2. The van der Waals surface area contributed by atoms with Gasteiger partial charge in [0.1, 0.15) is 12.2 Å². The number of rotatable bonds is 19. The quantitative estimate of drug-likeness (QED) is 0.0796. The van der Waals surface area contributed by atoms with Gasteiger partial charge >= 0.3 is 23.9 Å². The van der Waals surface area contributed by atoms with E-state index in [4.69, 9.17) is 18.9 Å². The normalized spacial score (nSPS) is 23.3. The first-order valence-corrected chi connectivity index (χ1v) is 20.3. The van der Waals surface area contributed by atoms with Crippen molar-refractivity contribution in [2.75, 3.05) is 24.7 Å². The SMILES string of the molecule is CCOC(=O)C1(CCC(C)C)CC(CSCc2ccc(-c3ccc(CSCC4CC(CCC(C)C)(C(=O)OCC)C(=O)O4)cc3)cc2)OC1=O. The van der Waals surface area contributed by atoms with E-state index in [9.17, 15) is 19.2 Å². The van der Waals surface area contributed by atoms with Crippen LogP contribution in [0.4, 0.5) is 0 Å². The summed E-state index contributed by atoms with van der Waals surface area (Å²) < 4.78 is 22.0. The number of hydrogen-bond acceptors (Lipinski definition) is 10. The lowest BCUT2D eigenvalue weighted by atomic mass is 9.79. The molecule has 274 valence electrons. The Morgan fingerprint density at radius 3 is 1.36 bits per heavy atom. The minimum absolute atomic E-state index is 0.245. The van der Waals surface area contributed by atoms with Crippen LogP contribution in [0.3, 0.4) is 0 Å². The molecule has 0 N–H and O–H groups in total. The minimum Gasteiger partial charge on any atom is -0.465 e. The Balaban J connectivity index is 1.24. The highest BCUT2D eigenvalue weighted by atomic mass is 32.2. The molecular formula is C40H54O8S2. The van der Waals surface area contributed by atoms with Crippen LogP contribution in [-0.4, -0.2) is 60.8 Å². The van der Waals surface area contributed by atoms with E-state index in [0.717, 1.165) is 35.5 Å². The van der Waals surface area contributed by atoms with E-state index in [1.807, 2.05) is 0 Å². The summed E-state index contributed by atoms with van der Waals surface area (Å²) >= 11 is 3.40. The molecule has 10 heteroatoms. The first-order chi connectivity index (χ1) is 23.9. The van der Waals surface area contributed by atoms with Crippen LogP contribution in [0.25, 0.3) is 11.1 Å². The number of thioether (sulfide) groups is 2. The Labute approximate surface area is 306 Å². The van der Waals surface area contributed by atoms with Gasteiger partial charge in [-0.1, -0.05) is 76.2 Å². The summed E-state index contributed by atoms with van der Waals surface area (Å²) in [4.78, 5) is 51.5. The van der Waals surface area contributed by atoms with Crippen LogP contribution in [0.5, 0.6) is 0 Å². The topological polar surface area (TPSA) is 105 Å².